The van der Waals surface area contributed by atoms with E-state index in [2.05, 4.69) is 11.7 Å². The van der Waals surface area contributed by atoms with Crippen LogP contribution in [-0.2, 0) is 0 Å². The number of benzene rings is 2. The summed E-state index contributed by atoms with van der Waals surface area (Å²) in [5.41, 5.74) is 2.07. The molecule has 2 aromatic carbocycles. The van der Waals surface area contributed by atoms with Gasteiger partial charge in [-0.25, -0.2) is 0 Å². The second kappa shape index (κ2) is 6.40. The molecule has 0 saturated carbocycles. The van der Waals surface area contributed by atoms with Gasteiger partial charge in [-0.2, -0.15) is 0 Å². The predicted molar refractivity (Wildman–Crippen MR) is 76.0 cm³/mol. The molecule has 0 aromatic heterocycles. The van der Waals surface area contributed by atoms with Gasteiger partial charge < -0.3 is 9.94 Å². The second-order valence-electron chi connectivity index (χ2n) is 3.91. The molecule has 0 bridgehead atoms. The molecule has 0 aliphatic rings. The minimum absolute atomic E-state index is 0.407. The van der Waals surface area contributed by atoms with E-state index in [-0.39, 0.29) is 0 Å². The van der Waals surface area contributed by atoms with Crippen LogP contribution < -0.4 is 4.74 Å². The van der Waals surface area contributed by atoms with Gasteiger partial charge in [0, 0.05) is 11.1 Å². The third kappa shape index (κ3) is 3.01. The summed E-state index contributed by atoms with van der Waals surface area (Å²) in [6.07, 6.45) is 1.68. The fraction of sp³-hybridized carbons (Fsp3) is 0.0625. The SMILES string of the molecule is C=CCOc1ccccc1/C(=N\O)c1ccccc1. The quantitative estimate of drug-likeness (QED) is 0.383. The lowest BCUT2D eigenvalue weighted by Crippen LogP contribution is -2.06. The lowest BCUT2D eigenvalue weighted by Gasteiger charge is -2.11. The largest absolute Gasteiger partial charge is 0.489 e. The van der Waals surface area contributed by atoms with E-state index in [1.807, 2.05) is 54.6 Å². The van der Waals surface area contributed by atoms with Crippen LogP contribution in [0.25, 0.3) is 0 Å². The van der Waals surface area contributed by atoms with Gasteiger partial charge in [-0.15, -0.1) is 0 Å². The molecule has 0 spiro atoms. The number of rotatable bonds is 5. The minimum atomic E-state index is 0.407. The molecule has 1 N–H and O–H groups in total. The Morgan fingerprint density at radius 2 is 1.79 bits per heavy atom. The zero-order chi connectivity index (χ0) is 13.5. The highest BCUT2D eigenvalue weighted by Gasteiger charge is 2.12. The average molecular weight is 253 g/mol. The number of nitrogens with zero attached hydrogens (tertiary/aromatic N) is 1. The van der Waals surface area contributed by atoms with Crippen molar-refractivity contribution < 1.29 is 9.94 Å². The van der Waals surface area contributed by atoms with Crippen molar-refractivity contribution in [1.82, 2.24) is 0 Å². The molecule has 0 aliphatic heterocycles. The molecule has 19 heavy (non-hydrogen) atoms. The van der Waals surface area contributed by atoms with Crippen LogP contribution in [0.15, 0.2) is 72.4 Å². The Morgan fingerprint density at radius 3 is 2.47 bits per heavy atom. The van der Waals surface area contributed by atoms with E-state index in [4.69, 9.17) is 4.74 Å². The van der Waals surface area contributed by atoms with Crippen molar-refractivity contribution in [2.45, 2.75) is 0 Å². The van der Waals surface area contributed by atoms with E-state index in [0.717, 1.165) is 11.1 Å². The van der Waals surface area contributed by atoms with Crippen LogP contribution in [0.3, 0.4) is 0 Å². The van der Waals surface area contributed by atoms with Crippen LogP contribution in [-0.4, -0.2) is 17.5 Å². The first kappa shape index (κ1) is 12.9. The second-order valence-corrected chi connectivity index (χ2v) is 3.91. The van der Waals surface area contributed by atoms with Gasteiger partial charge in [0.1, 0.15) is 18.1 Å². The summed E-state index contributed by atoms with van der Waals surface area (Å²) in [6.45, 7) is 4.03. The minimum Gasteiger partial charge on any atom is -0.489 e. The Labute approximate surface area is 112 Å². The first-order valence-corrected chi connectivity index (χ1v) is 5.97. The van der Waals surface area contributed by atoms with Gasteiger partial charge in [0.25, 0.3) is 0 Å². The smallest absolute Gasteiger partial charge is 0.129 e. The summed E-state index contributed by atoms with van der Waals surface area (Å²) in [5.74, 6) is 0.666. The standard InChI is InChI=1S/C16H15NO2/c1-2-12-19-15-11-7-6-10-14(15)16(17-18)13-8-4-3-5-9-13/h2-11,18H,1,12H2/b17-16-. The molecule has 0 atom stereocenters. The van der Waals surface area contributed by atoms with Crippen LogP contribution >= 0.6 is 0 Å². The molecule has 0 fully saturated rings. The lowest BCUT2D eigenvalue weighted by molar-refractivity contribution is 0.319. The Kier molecular flexibility index (Phi) is 4.34. The Bertz CT molecular complexity index is 576. The topological polar surface area (TPSA) is 41.8 Å². The van der Waals surface area contributed by atoms with E-state index in [0.29, 0.717) is 18.1 Å². The van der Waals surface area contributed by atoms with Crippen LogP contribution in [0.5, 0.6) is 5.75 Å². The van der Waals surface area contributed by atoms with Crippen molar-refractivity contribution in [3.63, 3.8) is 0 Å². The van der Waals surface area contributed by atoms with Crippen molar-refractivity contribution in [3.05, 3.63) is 78.4 Å². The van der Waals surface area contributed by atoms with Gasteiger partial charge in [-0.05, 0) is 12.1 Å². The van der Waals surface area contributed by atoms with Gasteiger partial charge in [-0.1, -0.05) is 60.3 Å². The zero-order valence-electron chi connectivity index (χ0n) is 10.5. The monoisotopic (exact) mass is 253 g/mol. The van der Waals surface area contributed by atoms with E-state index in [1.54, 1.807) is 6.08 Å². The molecular formula is C16H15NO2. The Morgan fingerprint density at radius 1 is 1.11 bits per heavy atom. The number of para-hydroxylation sites is 1. The first-order chi connectivity index (χ1) is 9.36. The molecular weight excluding hydrogens is 238 g/mol. The molecule has 0 amide bonds. The molecule has 2 rings (SSSR count). The van der Waals surface area contributed by atoms with Crippen molar-refractivity contribution in [2.75, 3.05) is 6.61 Å². The summed E-state index contributed by atoms with van der Waals surface area (Å²) in [7, 11) is 0. The van der Waals surface area contributed by atoms with Crippen LogP contribution in [0.2, 0.25) is 0 Å². The third-order valence-electron chi connectivity index (χ3n) is 2.65. The summed E-state index contributed by atoms with van der Waals surface area (Å²) >= 11 is 0. The van der Waals surface area contributed by atoms with Gasteiger partial charge in [0.05, 0.1) is 0 Å². The molecule has 96 valence electrons. The molecule has 0 unspecified atom stereocenters. The maximum Gasteiger partial charge on any atom is 0.129 e. The summed E-state index contributed by atoms with van der Waals surface area (Å²) in [4.78, 5) is 0. The van der Waals surface area contributed by atoms with E-state index >= 15 is 0 Å². The molecule has 2 aromatic rings. The summed E-state index contributed by atoms with van der Waals surface area (Å²) in [5, 5.41) is 12.7. The van der Waals surface area contributed by atoms with Gasteiger partial charge in [0.15, 0.2) is 0 Å². The van der Waals surface area contributed by atoms with Crippen molar-refractivity contribution in [2.24, 2.45) is 5.16 Å². The van der Waals surface area contributed by atoms with Crippen molar-refractivity contribution in [3.8, 4) is 5.75 Å². The van der Waals surface area contributed by atoms with Gasteiger partial charge in [-0.3, -0.25) is 0 Å². The maximum absolute atomic E-state index is 9.30. The fourth-order valence-corrected chi connectivity index (χ4v) is 1.80. The zero-order valence-corrected chi connectivity index (χ0v) is 10.5. The molecule has 0 heterocycles. The van der Waals surface area contributed by atoms with Crippen molar-refractivity contribution in [1.29, 1.82) is 0 Å². The molecule has 0 radical (unpaired) electrons. The lowest BCUT2D eigenvalue weighted by atomic mass is 10.0. The summed E-state index contributed by atoms with van der Waals surface area (Å²) in [6, 6.07) is 16.9. The van der Waals surface area contributed by atoms with Crippen LogP contribution in [0.4, 0.5) is 0 Å². The van der Waals surface area contributed by atoms with Gasteiger partial charge in [0.2, 0.25) is 0 Å². The number of oxime groups is 1. The Hall–Kier alpha value is -2.55. The third-order valence-corrected chi connectivity index (χ3v) is 2.65. The first-order valence-electron chi connectivity index (χ1n) is 5.97. The number of ether oxygens (including phenoxy) is 1. The number of hydrogen-bond donors (Lipinski definition) is 1. The molecule has 3 nitrogen and oxygen atoms in total. The van der Waals surface area contributed by atoms with Crippen LogP contribution in [0, 0.1) is 0 Å². The molecule has 0 aliphatic carbocycles. The highest BCUT2D eigenvalue weighted by molar-refractivity contribution is 6.14. The highest BCUT2D eigenvalue weighted by Crippen LogP contribution is 2.22. The maximum atomic E-state index is 9.30. The fourth-order valence-electron chi connectivity index (χ4n) is 1.80. The van der Waals surface area contributed by atoms with Gasteiger partial charge >= 0.3 is 0 Å². The molecule has 0 saturated heterocycles. The summed E-state index contributed by atoms with van der Waals surface area (Å²) < 4.78 is 5.58. The predicted octanol–water partition coefficient (Wildman–Crippen LogP) is 3.48. The van der Waals surface area contributed by atoms with Crippen molar-refractivity contribution >= 4 is 5.71 Å². The van der Waals surface area contributed by atoms with E-state index in [1.165, 1.54) is 0 Å². The van der Waals surface area contributed by atoms with E-state index in [9.17, 15) is 5.21 Å². The average Bonchev–Trinajstić information content (AvgIpc) is 2.48. The van der Waals surface area contributed by atoms with Crippen LogP contribution in [0.1, 0.15) is 11.1 Å². The molecule has 3 heteroatoms. The normalized spacial score (nSPS) is 11.1. The van der Waals surface area contributed by atoms with E-state index < -0.39 is 0 Å². The Balaban J connectivity index is 2.42. The highest BCUT2D eigenvalue weighted by atomic mass is 16.5. The number of hydrogen-bond acceptors (Lipinski definition) is 3.